The molecule has 0 aromatic rings. The quantitative estimate of drug-likeness (QED) is 0.625. The average molecular weight is 227 g/mol. The van der Waals surface area contributed by atoms with E-state index in [0.29, 0.717) is 0 Å². The zero-order chi connectivity index (χ0) is 10.7. The minimum atomic E-state index is 0.729. The molecular formula is C13H25NS. The lowest BCUT2D eigenvalue weighted by Crippen LogP contribution is -2.39. The first kappa shape index (κ1) is 11.8. The normalized spacial score (nSPS) is 33.6. The fourth-order valence-electron chi connectivity index (χ4n) is 3.28. The molecule has 0 unspecified atom stereocenters. The Balaban J connectivity index is 1.97. The Hall–Kier alpha value is 0.310. The van der Waals surface area contributed by atoms with Crippen molar-refractivity contribution in [3.05, 3.63) is 0 Å². The van der Waals surface area contributed by atoms with Gasteiger partial charge in [0, 0.05) is 0 Å². The fraction of sp³-hybridized carbons (Fsp3) is 1.00. The lowest BCUT2D eigenvalue weighted by atomic mass is 9.70. The molecule has 0 radical (unpaired) electrons. The van der Waals surface area contributed by atoms with Crippen LogP contribution in [0.4, 0.5) is 0 Å². The van der Waals surface area contributed by atoms with Crippen molar-refractivity contribution < 1.29 is 0 Å². The molecule has 2 aliphatic rings. The third kappa shape index (κ3) is 3.13. The summed E-state index contributed by atoms with van der Waals surface area (Å²) in [6, 6.07) is 0. The molecule has 2 aliphatic heterocycles. The van der Waals surface area contributed by atoms with Gasteiger partial charge in [-0.2, -0.15) is 11.8 Å². The second-order valence-corrected chi connectivity index (χ2v) is 6.94. The van der Waals surface area contributed by atoms with Gasteiger partial charge in [-0.25, -0.2) is 0 Å². The summed E-state index contributed by atoms with van der Waals surface area (Å²) in [7, 11) is 2.27. The lowest BCUT2D eigenvalue weighted by molar-refractivity contribution is 0.0880. The Bertz CT molecular complexity index is 191. The van der Waals surface area contributed by atoms with E-state index in [1.54, 1.807) is 0 Å². The van der Waals surface area contributed by atoms with E-state index in [9.17, 15) is 0 Å². The maximum absolute atomic E-state index is 2.50. The van der Waals surface area contributed by atoms with Crippen molar-refractivity contribution in [2.24, 2.45) is 11.3 Å². The van der Waals surface area contributed by atoms with E-state index in [4.69, 9.17) is 0 Å². The zero-order valence-corrected chi connectivity index (χ0v) is 11.1. The van der Waals surface area contributed by atoms with Gasteiger partial charge in [0.25, 0.3) is 0 Å². The summed E-state index contributed by atoms with van der Waals surface area (Å²) >= 11 is 2.17. The monoisotopic (exact) mass is 227 g/mol. The number of likely N-dealkylation sites (tertiary alicyclic amines) is 1. The third-order valence-corrected chi connectivity index (χ3v) is 5.61. The van der Waals surface area contributed by atoms with Gasteiger partial charge in [0.1, 0.15) is 0 Å². The molecule has 0 saturated carbocycles. The Morgan fingerprint density at radius 1 is 1.20 bits per heavy atom. The highest BCUT2D eigenvalue weighted by Crippen LogP contribution is 2.43. The minimum absolute atomic E-state index is 0.729. The van der Waals surface area contributed by atoms with Crippen molar-refractivity contribution in [2.45, 2.75) is 39.0 Å². The van der Waals surface area contributed by atoms with Crippen molar-refractivity contribution in [3.63, 3.8) is 0 Å². The average Bonchev–Trinajstić information content (AvgIpc) is 2.19. The minimum Gasteiger partial charge on any atom is -0.306 e. The molecule has 0 aromatic heterocycles. The van der Waals surface area contributed by atoms with Crippen LogP contribution in [0, 0.1) is 11.3 Å². The van der Waals surface area contributed by atoms with Crippen molar-refractivity contribution in [3.8, 4) is 0 Å². The predicted octanol–water partition coefficient (Wildman–Crippen LogP) is 3.25. The highest BCUT2D eigenvalue weighted by molar-refractivity contribution is 7.99. The Morgan fingerprint density at radius 3 is 2.67 bits per heavy atom. The molecule has 0 N–H and O–H groups in total. The first-order chi connectivity index (χ1) is 7.20. The number of piperidine rings is 1. The molecule has 1 spiro atoms. The topological polar surface area (TPSA) is 3.24 Å². The lowest BCUT2D eigenvalue weighted by Gasteiger charge is -2.43. The van der Waals surface area contributed by atoms with Crippen LogP contribution in [0.25, 0.3) is 0 Å². The van der Waals surface area contributed by atoms with Crippen LogP contribution in [0.15, 0.2) is 0 Å². The molecule has 0 bridgehead atoms. The van der Waals surface area contributed by atoms with Crippen LogP contribution < -0.4 is 0 Å². The summed E-state index contributed by atoms with van der Waals surface area (Å²) in [5.74, 6) is 3.75. The number of hydrogen-bond acceptors (Lipinski definition) is 2. The molecule has 2 saturated heterocycles. The third-order valence-electron chi connectivity index (χ3n) is 4.23. The summed E-state index contributed by atoms with van der Waals surface area (Å²) in [5, 5.41) is 0. The number of hydrogen-bond donors (Lipinski definition) is 0. The van der Waals surface area contributed by atoms with Crippen LogP contribution >= 0.6 is 11.8 Å². The van der Waals surface area contributed by atoms with E-state index in [1.807, 2.05) is 0 Å². The van der Waals surface area contributed by atoms with Crippen LogP contribution in [0.1, 0.15) is 39.0 Å². The second kappa shape index (κ2) is 5.09. The van der Waals surface area contributed by atoms with E-state index in [-0.39, 0.29) is 0 Å². The van der Waals surface area contributed by atoms with E-state index in [1.165, 1.54) is 56.7 Å². The highest BCUT2D eigenvalue weighted by atomic mass is 32.2. The summed E-state index contributed by atoms with van der Waals surface area (Å²) in [5.41, 5.74) is 0.729. The molecule has 0 aromatic carbocycles. The molecule has 15 heavy (non-hydrogen) atoms. The highest BCUT2D eigenvalue weighted by Gasteiger charge is 2.35. The molecule has 0 amide bonds. The van der Waals surface area contributed by atoms with E-state index < -0.39 is 0 Å². The first-order valence-electron chi connectivity index (χ1n) is 6.47. The second-order valence-electron chi connectivity index (χ2n) is 5.79. The maximum Gasteiger partial charge on any atom is -0.00165 e. The predicted molar refractivity (Wildman–Crippen MR) is 69.5 cm³/mol. The van der Waals surface area contributed by atoms with Gasteiger partial charge >= 0.3 is 0 Å². The van der Waals surface area contributed by atoms with Crippen LogP contribution in [0.5, 0.6) is 0 Å². The molecule has 2 rings (SSSR count). The number of rotatable bonds is 0. The molecule has 2 heteroatoms. The molecule has 2 fully saturated rings. The van der Waals surface area contributed by atoms with Gasteiger partial charge < -0.3 is 4.90 Å². The van der Waals surface area contributed by atoms with E-state index >= 15 is 0 Å². The van der Waals surface area contributed by atoms with Crippen molar-refractivity contribution in [1.82, 2.24) is 4.90 Å². The van der Waals surface area contributed by atoms with Gasteiger partial charge in [0.2, 0.25) is 0 Å². The maximum atomic E-state index is 2.50. The van der Waals surface area contributed by atoms with Gasteiger partial charge in [-0.15, -0.1) is 0 Å². The van der Waals surface area contributed by atoms with Crippen molar-refractivity contribution >= 4 is 11.8 Å². The van der Waals surface area contributed by atoms with Gasteiger partial charge in [-0.05, 0) is 75.1 Å². The summed E-state index contributed by atoms with van der Waals surface area (Å²) in [6.45, 7) is 5.12. The van der Waals surface area contributed by atoms with Crippen LogP contribution in [-0.2, 0) is 0 Å². The molecular weight excluding hydrogens is 202 g/mol. The Morgan fingerprint density at radius 2 is 1.93 bits per heavy atom. The number of thioether (sulfide) groups is 1. The standard InChI is InChI=1S/C13H25NS/c1-12-10-13(4-3-9-15-11-12)5-7-14(2)8-6-13/h12H,3-11H2,1-2H3/t12-/m1/s1. The summed E-state index contributed by atoms with van der Waals surface area (Å²) < 4.78 is 0. The van der Waals surface area contributed by atoms with Crippen LogP contribution in [0.2, 0.25) is 0 Å². The van der Waals surface area contributed by atoms with Crippen molar-refractivity contribution in [1.29, 1.82) is 0 Å². The molecule has 0 aliphatic carbocycles. The Labute approximate surface area is 99.0 Å². The van der Waals surface area contributed by atoms with Crippen LogP contribution in [-0.4, -0.2) is 36.5 Å². The summed E-state index contributed by atoms with van der Waals surface area (Å²) in [4.78, 5) is 2.50. The van der Waals surface area contributed by atoms with Gasteiger partial charge in [-0.3, -0.25) is 0 Å². The van der Waals surface area contributed by atoms with E-state index in [0.717, 1.165) is 11.3 Å². The smallest absolute Gasteiger partial charge is 0.00165 e. The van der Waals surface area contributed by atoms with Gasteiger partial charge in [-0.1, -0.05) is 6.92 Å². The SMILES string of the molecule is C[C@H]1CSCCCC2(CCN(C)CC2)C1. The first-order valence-corrected chi connectivity index (χ1v) is 7.62. The van der Waals surface area contributed by atoms with Gasteiger partial charge in [0.05, 0.1) is 0 Å². The Kier molecular flexibility index (Phi) is 4.00. The zero-order valence-electron chi connectivity index (χ0n) is 10.3. The van der Waals surface area contributed by atoms with Crippen LogP contribution in [0.3, 0.4) is 0 Å². The molecule has 1 atom stereocenters. The fourth-order valence-corrected chi connectivity index (χ4v) is 4.32. The largest absolute Gasteiger partial charge is 0.306 e. The van der Waals surface area contributed by atoms with Crippen molar-refractivity contribution in [2.75, 3.05) is 31.6 Å². The van der Waals surface area contributed by atoms with E-state index in [2.05, 4.69) is 30.6 Å². The van der Waals surface area contributed by atoms with Gasteiger partial charge in [0.15, 0.2) is 0 Å². The summed E-state index contributed by atoms with van der Waals surface area (Å²) in [6.07, 6.45) is 7.37. The molecule has 1 nitrogen and oxygen atoms in total. The molecule has 2 heterocycles. The molecule has 88 valence electrons. The number of nitrogens with zero attached hydrogens (tertiary/aromatic N) is 1.